The van der Waals surface area contributed by atoms with Gasteiger partial charge in [-0.1, -0.05) is 5.92 Å². The maximum absolute atomic E-state index is 14.9. The van der Waals surface area contributed by atoms with Crippen LogP contribution in [0.25, 0.3) is 0 Å². The van der Waals surface area contributed by atoms with Crippen molar-refractivity contribution in [2.24, 2.45) is 48.8 Å². The molecule has 10 rings (SSSR count). The Labute approximate surface area is 670 Å². The average Bonchev–Trinajstić information content (AvgIpc) is 1.62. The highest BCUT2D eigenvalue weighted by Gasteiger charge is 2.53. The molecule has 5 aliphatic rings. The Morgan fingerprint density at radius 1 is 0.504 bits per heavy atom. The molecule has 0 spiro atoms. The molecule has 39 heteroatoms. The van der Waals surface area contributed by atoms with E-state index in [1.54, 1.807) is 40.7 Å². The van der Waals surface area contributed by atoms with Gasteiger partial charge in [-0.25, -0.2) is 73.4 Å². The van der Waals surface area contributed by atoms with E-state index in [0.29, 0.717) is 35.2 Å². The van der Waals surface area contributed by atoms with E-state index < -0.39 is 122 Å². The SMILES string of the molecule is C#CCOc1ccc(C(=O)Nc2ccc(F)c([C@]3(C)CN(C)S(=O)(=O)C(C)(C)C(N)=N3)c2)nc1.CC(=O)Nc1ccc(F)c([C@]2(C)CN(C)S(=O)(=O)C(C)(C)C(N)=N2)c1.CN1C[C@@](C)(c2cc(NC(=O)CC3CC3)ccc2F)N=C(N)C(C)(C)S1(=O)=O.CO[C@H](C)C(=O)Nc1ccc(F)c([C@]2(C)CN(C)S(=O)(=O)C(C)(C)C(N)=N2)c1. The summed E-state index contributed by atoms with van der Waals surface area (Å²) >= 11 is 0. The van der Waals surface area contributed by atoms with Crippen LogP contribution in [0.3, 0.4) is 0 Å². The predicted molar refractivity (Wildman–Crippen MR) is 436 cm³/mol. The number of benzene rings is 4. The monoisotopic (exact) mass is 1680 g/mol. The molecule has 0 radical (unpaired) electrons. The standard InChI is InChI=1S/C23H26FN5O4S.C19H27FN4O3S.C18H27FN4O4S.C16H23FN4O3S/c1-6-11-33-16-8-10-19(26-13-16)20(30)27-15-7-9-18(24)17(12-15)23(4)14-29(5)34(31,32)22(2,3)21(25)28-23;1-18(2)17(21)23-19(3,11-24(4)28(18,26)27)14-10-13(7-8-15(14)20)22-16(25)9-12-5-6-12;1-11(27-6)15(24)21-12-7-8-14(19)13(9-12)18(4)10-23(5)28(25,26)17(2,3)16(20)22-18;1-10(22)19-11-6-7-13(17)12(8-11)16(4)9-21(5)25(23,24)15(2,3)14(18)20-16/h1,7-10,12-13H,11,14H2,2-5H3,(H2,25,28)(H,27,30);7-8,10,12H,5-6,9,11H2,1-4H3,(H2,21,23)(H,22,25);7-9,11H,10H2,1-6H3,(H2,20,22)(H,21,24);6-8H,9H2,1-5H3,(H2,18,20)(H,19,22)/t23-;19-;11-,18+;16-/m0010/s1. The number of hydrogen-bond acceptors (Lipinski definition) is 23. The number of aliphatic imine (C=N–C) groups is 4. The van der Waals surface area contributed by atoms with Crippen molar-refractivity contribution < 1.29 is 79.9 Å². The first-order valence-corrected chi connectivity index (χ1v) is 41.7. The van der Waals surface area contributed by atoms with Crippen molar-refractivity contribution in [3.8, 4) is 18.1 Å². The molecule has 5 heterocycles. The maximum atomic E-state index is 14.9. The number of amides is 4. The van der Waals surface area contributed by atoms with Gasteiger partial charge in [0.15, 0.2) is 0 Å². The number of carbonyl (C=O) groups excluding carboxylic acids is 4. The number of anilines is 4. The van der Waals surface area contributed by atoms with E-state index in [4.69, 9.17) is 38.8 Å². The highest BCUT2D eigenvalue weighted by atomic mass is 32.2. The summed E-state index contributed by atoms with van der Waals surface area (Å²) < 4.78 is 170. The summed E-state index contributed by atoms with van der Waals surface area (Å²) in [5, 5.41) is 10.7. The highest BCUT2D eigenvalue weighted by molar-refractivity contribution is 7.92. The van der Waals surface area contributed by atoms with E-state index >= 15 is 0 Å². The summed E-state index contributed by atoms with van der Waals surface area (Å²) in [4.78, 5) is 69.8. The lowest BCUT2D eigenvalue weighted by Gasteiger charge is -2.29. The quantitative estimate of drug-likeness (QED) is 0.0381. The van der Waals surface area contributed by atoms with E-state index in [1.807, 2.05) is 0 Å². The minimum absolute atomic E-state index is 0.0736. The first kappa shape index (κ1) is 92.6. The number of nitrogens with one attached hydrogen (secondary N) is 4. The topological polar surface area (TPSA) is 451 Å². The Kier molecular flexibility index (Phi) is 27.4. The van der Waals surface area contributed by atoms with Gasteiger partial charge < -0.3 is 53.7 Å². The van der Waals surface area contributed by atoms with Gasteiger partial charge in [0.05, 0.1) is 6.20 Å². The molecular formula is C76H103F4N17O14S4. The third-order valence-corrected chi connectivity index (χ3v) is 30.6. The van der Waals surface area contributed by atoms with Crippen LogP contribution in [0.2, 0.25) is 0 Å². The molecule has 4 aliphatic heterocycles. The summed E-state index contributed by atoms with van der Waals surface area (Å²) in [6.45, 7) is 20.8. The van der Waals surface area contributed by atoms with Crippen LogP contribution < -0.4 is 48.9 Å². The van der Waals surface area contributed by atoms with Crippen LogP contribution in [0.4, 0.5) is 40.3 Å². The second kappa shape index (κ2) is 34.0. The number of pyridine rings is 1. The van der Waals surface area contributed by atoms with Crippen molar-refractivity contribution in [3.63, 3.8) is 0 Å². The van der Waals surface area contributed by atoms with E-state index in [1.165, 1.54) is 183 Å². The second-order valence-corrected chi connectivity index (χ2v) is 41.9. The number of halogens is 4. The number of hydrogen-bond donors (Lipinski definition) is 8. The molecule has 0 saturated heterocycles. The number of aromatic nitrogens is 1. The second-order valence-electron chi connectivity index (χ2n) is 31.5. The van der Waals surface area contributed by atoms with Crippen LogP contribution >= 0.6 is 0 Å². The van der Waals surface area contributed by atoms with Crippen LogP contribution in [0.15, 0.2) is 111 Å². The number of methoxy groups -OCH3 is 1. The Morgan fingerprint density at radius 2 is 0.809 bits per heavy atom. The van der Waals surface area contributed by atoms with Gasteiger partial charge in [0.2, 0.25) is 51.9 Å². The molecule has 5 atom stereocenters. The molecule has 4 aromatic carbocycles. The lowest BCUT2D eigenvalue weighted by molar-refractivity contribution is -0.124. The molecular weight excluding hydrogens is 1580 g/mol. The van der Waals surface area contributed by atoms with Crippen LogP contribution in [0.5, 0.6) is 5.75 Å². The number of likely N-dealkylation sites (N-methyl/N-ethyl adjacent to an activating group) is 4. The van der Waals surface area contributed by atoms with E-state index in [9.17, 15) is 70.4 Å². The van der Waals surface area contributed by atoms with Gasteiger partial charge in [0, 0.05) is 120 Å². The van der Waals surface area contributed by atoms with Crippen LogP contribution in [0, 0.1) is 41.5 Å². The third kappa shape index (κ3) is 19.5. The summed E-state index contributed by atoms with van der Waals surface area (Å²) in [5.41, 5.74) is 21.2. The molecule has 31 nitrogen and oxygen atoms in total. The number of nitrogens with zero attached hydrogens (tertiary/aromatic N) is 9. The van der Waals surface area contributed by atoms with Gasteiger partial charge in [0.25, 0.3) is 11.8 Å². The third-order valence-electron chi connectivity index (χ3n) is 20.8. The zero-order valence-electron chi connectivity index (χ0n) is 67.7. The largest absolute Gasteiger partial charge is 0.479 e. The lowest BCUT2D eigenvalue weighted by atomic mass is 9.91. The lowest BCUT2D eigenvalue weighted by Crippen LogP contribution is -2.50. The molecule has 1 saturated carbocycles. The zero-order valence-corrected chi connectivity index (χ0v) is 71.0. The number of sulfonamides is 4. The molecule has 5 aromatic rings. The first-order chi connectivity index (χ1) is 52.7. The molecule has 12 N–H and O–H groups in total. The van der Waals surface area contributed by atoms with Crippen LogP contribution in [-0.2, 0) is 81.4 Å². The number of terminal acetylenes is 1. The van der Waals surface area contributed by atoms with Gasteiger partial charge in [-0.05, 0) is 194 Å². The summed E-state index contributed by atoms with van der Waals surface area (Å²) in [5.74, 6) is -0.870. The molecule has 0 bridgehead atoms. The average molecular weight is 1680 g/mol. The van der Waals surface area contributed by atoms with Gasteiger partial charge >= 0.3 is 0 Å². The normalized spacial score (nSPS) is 24.7. The Morgan fingerprint density at radius 3 is 1.09 bits per heavy atom. The fraction of sp³-hybridized carbons (Fsp3) is 0.487. The van der Waals surface area contributed by atoms with Crippen LogP contribution in [0.1, 0.15) is 149 Å². The Bertz CT molecular complexity index is 5270. The molecule has 4 amide bonds. The van der Waals surface area contributed by atoms with Crippen molar-refractivity contribution in [2.45, 2.75) is 163 Å². The van der Waals surface area contributed by atoms with Crippen LogP contribution in [-0.4, -0.2) is 196 Å². The number of amidine groups is 4. The molecule has 628 valence electrons. The van der Waals surface area contributed by atoms with E-state index in [0.717, 1.165) is 30.1 Å². The van der Waals surface area contributed by atoms with E-state index in [-0.39, 0.29) is 102 Å². The smallest absolute Gasteiger partial charge is 0.274 e. The maximum Gasteiger partial charge on any atom is 0.274 e. The van der Waals surface area contributed by atoms with Crippen molar-refractivity contribution >= 4 is 110 Å². The first-order valence-electron chi connectivity index (χ1n) is 36.0. The summed E-state index contributed by atoms with van der Waals surface area (Å²) in [6, 6.07) is 19.4. The fourth-order valence-corrected chi connectivity index (χ4v) is 18.9. The molecule has 1 aromatic heterocycles. The Hall–Kier alpha value is -9.53. The predicted octanol–water partition coefficient (Wildman–Crippen LogP) is 7.14. The van der Waals surface area contributed by atoms with Crippen molar-refractivity contribution in [1.29, 1.82) is 0 Å². The minimum atomic E-state index is -3.84. The minimum Gasteiger partial charge on any atom is -0.479 e. The van der Waals surface area contributed by atoms with Gasteiger partial charge in [-0.3, -0.25) is 39.1 Å². The molecule has 0 unspecified atom stereocenters. The number of rotatable bonds is 15. The Balaban J connectivity index is 0.000000213. The summed E-state index contributed by atoms with van der Waals surface area (Å²) in [7, 11) is -8.09. The molecule has 1 aliphatic carbocycles. The van der Waals surface area contributed by atoms with E-state index in [2.05, 4.69) is 52.1 Å². The summed E-state index contributed by atoms with van der Waals surface area (Å²) in [6.07, 6.45) is 8.39. The van der Waals surface area contributed by atoms with Crippen molar-refractivity contribution in [2.75, 3.05) is 89.4 Å². The van der Waals surface area contributed by atoms with Gasteiger partial charge in [-0.15, -0.1) is 6.42 Å². The van der Waals surface area contributed by atoms with Gasteiger partial charge in [-0.2, -0.15) is 0 Å². The van der Waals surface area contributed by atoms with Crippen molar-refractivity contribution in [3.05, 3.63) is 142 Å². The highest BCUT2D eigenvalue weighted by Crippen LogP contribution is 2.42. The fourth-order valence-electron chi connectivity index (χ4n) is 12.8. The van der Waals surface area contributed by atoms with Crippen molar-refractivity contribution in [1.82, 2.24) is 22.2 Å². The number of carbonyl (C=O) groups is 4. The molecule has 1 fully saturated rings. The molecule has 115 heavy (non-hydrogen) atoms. The van der Waals surface area contributed by atoms with Gasteiger partial charge in [0.1, 0.15) is 112 Å². The zero-order chi connectivity index (χ0) is 86.9. The number of ether oxygens (including phenoxy) is 2. The number of nitrogens with two attached hydrogens (primary N) is 4.